The van der Waals surface area contributed by atoms with Crippen LogP contribution < -0.4 is 10.6 Å². The lowest BCUT2D eigenvalue weighted by Crippen LogP contribution is -2.40. The van der Waals surface area contributed by atoms with Crippen LogP contribution in [0.5, 0.6) is 0 Å². The lowest BCUT2D eigenvalue weighted by Gasteiger charge is -2.21. The summed E-state index contributed by atoms with van der Waals surface area (Å²) in [5.74, 6) is 2.78. The maximum atomic E-state index is 11.7. The molecule has 0 spiro atoms. The van der Waals surface area contributed by atoms with Crippen LogP contribution in [0.2, 0.25) is 0 Å². The van der Waals surface area contributed by atoms with Gasteiger partial charge in [-0.2, -0.15) is 11.8 Å². The Morgan fingerprint density at radius 3 is 2.71 bits per heavy atom. The number of amides is 1. The fraction of sp³-hybridized carbons (Fsp3) is 0.900. The highest BCUT2D eigenvalue weighted by Crippen LogP contribution is 2.22. The highest BCUT2D eigenvalue weighted by Gasteiger charge is 2.20. The molecule has 0 radical (unpaired) electrons. The van der Waals surface area contributed by atoms with E-state index in [0.717, 1.165) is 30.9 Å². The van der Waals surface area contributed by atoms with E-state index in [0.29, 0.717) is 6.04 Å². The van der Waals surface area contributed by atoms with E-state index >= 15 is 0 Å². The molecule has 0 aliphatic carbocycles. The molecule has 0 aromatic rings. The SMILES string of the molecule is CNC(C)CNC(=O)C1CCSCC1. The standard InChI is InChI=1S/C10H20N2OS/c1-8(11-2)7-12-10(13)9-3-5-14-6-4-9/h8-9,11H,3-7H2,1-2H3,(H,12,13). The number of hydrogen-bond donors (Lipinski definition) is 2. The van der Waals surface area contributed by atoms with E-state index in [9.17, 15) is 4.79 Å². The first-order valence-corrected chi connectivity index (χ1v) is 6.42. The summed E-state index contributed by atoms with van der Waals surface area (Å²) in [5.41, 5.74) is 0. The van der Waals surface area contributed by atoms with E-state index in [4.69, 9.17) is 0 Å². The van der Waals surface area contributed by atoms with Crippen LogP contribution in [-0.4, -0.2) is 37.0 Å². The van der Waals surface area contributed by atoms with E-state index in [1.807, 2.05) is 18.8 Å². The van der Waals surface area contributed by atoms with Crippen LogP contribution in [0.4, 0.5) is 0 Å². The highest BCUT2D eigenvalue weighted by atomic mass is 32.2. The summed E-state index contributed by atoms with van der Waals surface area (Å²) in [6.45, 7) is 2.80. The monoisotopic (exact) mass is 216 g/mol. The van der Waals surface area contributed by atoms with Gasteiger partial charge in [0.05, 0.1) is 0 Å². The molecule has 1 fully saturated rings. The Morgan fingerprint density at radius 2 is 2.14 bits per heavy atom. The largest absolute Gasteiger partial charge is 0.354 e. The van der Waals surface area contributed by atoms with Gasteiger partial charge in [0, 0.05) is 18.5 Å². The molecule has 4 heteroatoms. The normalized spacial score (nSPS) is 20.4. The van der Waals surface area contributed by atoms with Crippen molar-refractivity contribution in [2.45, 2.75) is 25.8 Å². The third-order valence-corrected chi connectivity index (χ3v) is 3.72. The number of carbonyl (C=O) groups is 1. The van der Waals surface area contributed by atoms with Gasteiger partial charge in [-0.3, -0.25) is 4.79 Å². The molecule has 1 saturated heterocycles. The van der Waals surface area contributed by atoms with Crippen LogP contribution in [0.25, 0.3) is 0 Å². The van der Waals surface area contributed by atoms with E-state index < -0.39 is 0 Å². The summed E-state index contributed by atoms with van der Waals surface area (Å²) in [7, 11) is 1.91. The molecule has 1 rings (SSSR count). The quantitative estimate of drug-likeness (QED) is 0.732. The molecule has 82 valence electrons. The highest BCUT2D eigenvalue weighted by molar-refractivity contribution is 7.99. The lowest BCUT2D eigenvalue weighted by molar-refractivity contribution is -0.125. The average molecular weight is 216 g/mol. The van der Waals surface area contributed by atoms with Crippen molar-refractivity contribution < 1.29 is 4.79 Å². The Kier molecular flexibility index (Phi) is 5.33. The molecule has 1 heterocycles. The van der Waals surface area contributed by atoms with E-state index in [1.165, 1.54) is 0 Å². The van der Waals surface area contributed by atoms with Crippen LogP contribution in [0, 0.1) is 5.92 Å². The molecule has 0 aromatic carbocycles. The van der Waals surface area contributed by atoms with E-state index in [-0.39, 0.29) is 11.8 Å². The molecule has 1 aliphatic rings. The minimum Gasteiger partial charge on any atom is -0.354 e. The summed E-state index contributed by atoms with van der Waals surface area (Å²) in [6.07, 6.45) is 2.09. The first kappa shape index (κ1) is 11.9. The fourth-order valence-corrected chi connectivity index (χ4v) is 2.57. The van der Waals surface area contributed by atoms with Crippen molar-refractivity contribution >= 4 is 17.7 Å². The summed E-state index contributed by atoms with van der Waals surface area (Å²) >= 11 is 1.95. The van der Waals surface area contributed by atoms with E-state index in [1.54, 1.807) is 0 Å². The van der Waals surface area contributed by atoms with Crippen LogP contribution in [-0.2, 0) is 4.79 Å². The van der Waals surface area contributed by atoms with Gasteiger partial charge >= 0.3 is 0 Å². The third-order valence-electron chi connectivity index (χ3n) is 2.67. The first-order chi connectivity index (χ1) is 6.74. The van der Waals surface area contributed by atoms with Gasteiger partial charge in [-0.05, 0) is 38.3 Å². The smallest absolute Gasteiger partial charge is 0.223 e. The van der Waals surface area contributed by atoms with Gasteiger partial charge in [0.15, 0.2) is 0 Å². The Bertz CT molecular complexity index is 181. The summed E-state index contributed by atoms with van der Waals surface area (Å²) in [5, 5.41) is 6.10. The van der Waals surface area contributed by atoms with Crippen LogP contribution in [0.1, 0.15) is 19.8 Å². The van der Waals surface area contributed by atoms with Gasteiger partial charge < -0.3 is 10.6 Å². The van der Waals surface area contributed by atoms with Crippen molar-refractivity contribution in [2.24, 2.45) is 5.92 Å². The van der Waals surface area contributed by atoms with Gasteiger partial charge in [0.25, 0.3) is 0 Å². The molecular formula is C10H20N2OS. The van der Waals surface area contributed by atoms with Crippen molar-refractivity contribution in [3.63, 3.8) is 0 Å². The second-order valence-electron chi connectivity index (χ2n) is 3.82. The Morgan fingerprint density at radius 1 is 1.50 bits per heavy atom. The predicted octanol–water partition coefficient (Wildman–Crippen LogP) is 0.854. The first-order valence-electron chi connectivity index (χ1n) is 5.26. The molecule has 1 atom stereocenters. The summed E-state index contributed by atoms with van der Waals surface area (Å²) in [6, 6.07) is 0.358. The van der Waals surface area contributed by atoms with E-state index in [2.05, 4.69) is 17.6 Å². The predicted molar refractivity (Wildman–Crippen MR) is 61.6 cm³/mol. The molecule has 1 amide bonds. The Hall–Kier alpha value is -0.220. The molecule has 2 N–H and O–H groups in total. The minimum atomic E-state index is 0.243. The Labute approximate surface area is 90.4 Å². The zero-order valence-corrected chi connectivity index (χ0v) is 9.82. The third kappa shape index (κ3) is 3.88. The number of thioether (sulfide) groups is 1. The van der Waals surface area contributed by atoms with Gasteiger partial charge in [-0.15, -0.1) is 0 Å². The second-order valence-corrected chi connectivity index (χ2v) is 5.05. The maximum absolute atomic E-state index is 11.7. The second kappa shape index (κ2) is 6.30. The van der Waals surface area contributed by atoms with Crippen molar-refractivity contribution in [1.82, 2.24) is 10.6 Å². The number of nitrogens with one attached hydrogen (secondary N) is 2. The average Bonchev–Trinajstić information content (AvgIpc) is 2.26. The molecule has 0 aromatic heterocycles. The Balaban J connectivity index is 2.19. The molecule has 3 nitrogen and oxygen atoms in total. The van der Waals surface area contributed by atoms with Crippen LogP contribution in [0.15, 0.2) is 0 Å². The number of carbonyl (C=O) groups excluding carboxylic acids is 1. The summed E-state index contributed by atoms with van der Waals surface area (Å²) in [4.78, 5) is 11.7. The molecular weight excluding hydrogens is 196 g/mol. The number of rotatable bonds is 4. The van der Waals surface area contributed by atoms with Gasteiger partial charge in [-0.25, -0.2) is 0 Å². The van der Waals surface area contributed by atoms with Gasteiger partial charge in [0.1, 0.15) is 0 Å². The molecule has 0 saturated carbocycles. The van der Waals surface area contributed by atoms with Crippen LogP contribution in [0.3, 0.4) is 0 Å². The zero-order chi connectivity index (χ0) is 10.4. The molecule has 14 heavy (non-hydrogen) atoms. The van der Waals surface area contributed by atoms with Crippen molar-refractivity contribution in [3.8, 4) is 0 Å². The van der Waals surface area contributed by atoms with Crippen LogP contribution >= 0.6 is 11.8 Å². The summed E-state index contributed by atoms with van der Waals surface area (Å²) < 4.78 is 0. The topological polar surface area (TPSA) is 41.1 Å². The number of likely N-dealkylation sites (N-methyl/N-ethyl adjacent to an activating group) is 1. The van der Waals surface area contributed by atoms with Crippen molar-refractivity contribution in [3.05, 3.63) is 0 Å². The zero-order valence-electron chi connectivity index (χ0n) is 9.01. The lowest BCUT2D eigenvalue weighted by atomic mass is 10.0. The van der Waals surface area contributed by atoms with Gasteiger partial charge in [0.2, 0.25) is 5.91 Å². The van der Waals surface area contributed by atoms with Crippen molar-refractivity contribution in [2.75, 3.05) is 25.1 Å². The maximum Gasteiger partial charge on any atom is 0.223 e. The minimum absolute atomic E-state index is 0.243. The molecule has 1 aliphatic heterocycles. The fourth-order valence-electron chi connectivity index (χ4n) is 1.46. The van der Waals surface area contributed by atoms with Crippen molar-refractivity contribution in [1.29, 1.82) is 0 Å². The number of hydrogen-bond acceptors (Lipinski definition) is 3. The molecule has 0 bridgehead atoms. The van der Waals surface area contributed by atoms with Gasteiger partial charge in [-0.1, -0.05) is 0 Å². The molecule has 1 unspecified atom stereocenters.